The zero-order valence-electron chi connectivity index (χ0n) is 9.28. The largest absolute Gasteiger partial charge is 0.388 e. The van der Waals surface area contributed by atoms with Crippen LogP contribution in [0.2, 0.25) is 0 Å². The molecule has 1 atom stereocenters. The normalized spacial score (nSPS) is 12.4. The number of aromatic nitrogens is 1. The van der Waals surface area contributed by atoms with Crippen molar-refractivity contribution in [1.29, 1.82) is 0 Å². The second kappa shape index (κ2) is 5.18. The van der Waals surface area contributed by atoms with Crippen LogP contribution in [-0.2, 0) is 6.42 Å². The number of pyridine rings is 1. The highest BCUT2D eigenvalue weighted by molar-refractivity contribution is 5.23. The summed E-state index contributed by atoms with van der Waals surface area (Å²) < 4.78 is 39.1. The molecule has 2 rings (SSSR count). The Bertz CT molecular complexity index is 545. The molecule has 0 radical (unpaired) electrons. The molecule has 2 nitrogen and oxygen atoms in total. The minimum atomic E-state index is -1.28. The summed E-state index contributed by atoms with van der Waals surface area (Å²) in [5, 5.41) is 9.80. The molecule has 0 saturated carbocycles. The molecule has 0 aliphatic heterocycles. The fourth-order valence-electron chi connectivity index (χ4n) is 1.62. The van der Waals surface area contributed by atoms with Crippen molar-refractivity contribution in [3.63, 3.8) is 0 Å². The third-order valence-electron chi connectivity index (χ3n) is 2.53. The quantitative estimate of drug-likeness (QED) is 0.853. The smallest absolute Gasteiger partial charge is 0.161 e. The maximum atomic E-state index is 13.4. The third kappa shape index (κ3) is 2.68. The Balaban J connectivity index is 2.24. The lowest BCUT2D eigenvalue weighted by Gasteiger charge is -2.11. The van der Waals surface area contributed by atoms with Crippen molar-refractivity contribution < 1.29 is 18.3 Å². The van der Waals surface area contributed by atoms with Crippen LogP contribution >= 0.6 is 0 Å². The molecule has 0 fully saturated rings. The second-order valence-electron chi connectivity index (χ2n) is 3.83. The molecule has 1 aromatic carbocycles. The van der Waals surface area contributed by atoms with Crippen LogP contribution in [0.25, 0.3) is 0 Å². The molecule has 1 aromatic heterocycles. The lowest BCUT2D eigenvalue weighted by atomic mass is 10.0. The SMILES string of the molecule is OC(Cc1ccccn1)c1cc(F)c(F)cc1F. The molecule has 94 valence electrons. The Kier molecular flexibility index (Phi) is 3.62. The van der Waals surface area contributed by atoms with Gasteiger partial charge in [0, 0.05) is 29.9 Å². The highest BCUT2D eigenvalue weighted by Crippen LogP contribution is 2.22. The molecule has 0 bridgehead atoms. The van der Waals surface area contributed by atoms with Crippen LogP contribution in [0, 0.1) is 17.5 Å². The van der Waals surface area contributed by atoms with Crippen LogP contribution in [0.5, 0.6) is 0 Å². The highest BCUT2D eigenvalue weighted by atomic mass is 19.2. The molecule has 0 amide bonds. The van der Waals surface area contributed by atoms with Gasteiger partial charge in [0.25, 0.3) is 0 Å². The number of aliphatic hydroxyl groups is 1. The summed E-state index contributed by atoms with van der Waals surface area (Å²) in [5.74, 6) is -3.44. The van der Waals surface area contributed by atoms with Gasteiger partial charge in [0.05, 0.1) is 6.10 Å². The van der Waals surface area contributed by atoms with Gasteiger partial charge in [-0.15, -0.1) is 0 Å². The fourth-order valence-corrected chi connectivity index (χ4v) is 1.62. The monoisotopic (exact) mass is 253 g/mol. The fraction of sp³-hybridized carbons (Fsp3) is 0.154. The molecule has 2 aromatic rings. The molecule has 18 heavy (non-hydrogen) atoms. The van der Waals surface area contributed by atoms with Crippen molar-refractivity contribution in [1.82, 2.24) is 4.98 Å². The number of aliphatic hydroxyl groups excluding tert-OH is 1. The van der Waals surface area contributed by atoms with Gasteiger partial charge in [-0.05, 0) is 18.2 Å². The summed E-state index contributed by atoms with van der Waals surface area (Å²) >= 11 is 0. The maximum Gasteiger partial charge on any atom is 0.161 e. The van der Waals surface area contributed by atoms with Gasteiger partial charge in [-0.25, -0.2) is 13.2 Å². The van der Waals surface area contributed by atoms with E-state index >= 15 is 0 Å². The molecule has 0 saturated heterocycles. The van der Waals surface area contributed by atoms with Crippen molar-refractivity contribution in [2.24, 2.45) is 0 Å². The van der Waals surface area contributed by atoms with Crippen molar-refractivity contribution in [3.8, 4) is 0 Å². The van der Waals surface area contributed by atoms with Gasteiger partial charge >= 0.3 is 0 Å². The molecule has 0 aliphatic rings. The standard InChI is InChI=1S/C13H10F3NO/c14-10-7-12(16)11(15)6-9(10)13(18)5-8-3-1-2-4-17-8/h1-4,6-7,13,18H,5H2. The first-order chi connectivity index (χ1) is 8.58. The molecule has 0 aliphatic carbocycles. The molecule has 1 unspecified atom stereocenters. The van der Waals surface area contributed by atoms with Gasteiger partial charge in [-0.2, -0.15) is 0 Å². The Morgan fingerprint density at radius 1 is 1.06 bits per heavy atom. The first-order valence-electron chi connectivity index (χ1n) is 5.30. The number of benzene rings is 1. The summed E-state index contributed by atoms with van der Waals surface area (Å²) in [7, 11) is 0. The number of nitrogens with zero attached hydrogens (tertiary/aromatic N) is 1. The minimum Gasteiger partial charge on any atom is -0.388 e. The van der Waals surface area contributed by atoms with Gasteiger partial charge < -0.3 is 5.11 Å². The van der Waals surface area contributed by atoms with E-state index in [1.54, 1.807) is 18.2 Å². The van der Waals surface area contributed by atoms with E-state index in [0.29, 0.717) is 17.8 Å². The average Bonchev–Trinajstić information content (AvgIpc) is 2.35. The lowest BCUT2D eigenvalue weighted by Crippen LogP contribution is -2.07. The molecular formula is C13H10F3NO. The van der Waals surface area contributed by atoms with E-state index in [0.717, 1.165) is 0 Å². The Labute approximate surface area is 102 Å². The van der Waals surface area contributed by atoms with Crippen LogP contribution in [0.3, 0.4) is 0 Å². The molecule has 1 N–H and O–H groups in total. The minimum absolute atomic E-state index is 0.0306. The van der Waals surface area contributed by atoms with Crippen LogP contribution in [0.1, 0.15) is 17.4 Å². The predicted molar refractivity (Wildman–Crippen MR) is 59.2 cm³/mol. The highest BCUT2D eigenvalue weighted by Gasteiger charge is 2.17. The number of rotatable bonds is 3. The van der Waals surface area contributed by atoms with E-state index in [9.17, 15) is 18.3 Å². The third-order valence-corrected chi connectivity index (χ3v) is 2.53. The maximum absolute atomic E-state index is 13.4. The van der Waals surface area contributed by atoms with Crippen LogP contribution in [0.4, 0.5) is 13.2 Å². The Morgan fingerprint density at radius 3 is 2.44 bits per heavy atom. The van der Waals surface area contributed by atoms with Gasteiger partial charge in [0.1, 0.15) is 5.82 Å². The number of hydrogen-bond donors (Lipinski definition) is 1. The molecule has 5 heteroatoms. The Morgan fingerprint density at radius 2 is 1.78 bits per heavy atom. The average molecular weight is 253 g/mol. The van der Waals surface area contributed by atoms with E-state index in [1.165, 1.54) is 6.20 Å². The lowest BCUT2D eigenvalue weighted by molar-refractivity contribution is 0.171. The Hall–Kier alpha value is -1.88. The molecular weight excluding hydrogens is 243 g/mol. The van der Waals surface area contributed by atoms with Gasteiger partial charge in [0.15, 0.2) is 11.6 Å². The van der Waals surface area contributed by atoms with Gasteiger partial charge in [0.2, 0.25) is 0 Å². The van der Waals surface area contributed by atoms with E-state index in [1.807, 2.05) is 0 Å². The zero-order chi connectivity index (χ0) is 13.1. The zero-order valence-corrected chi connectivity index (χ0v) is 9.28. The first kappa shape index (κ1) is 12.6. The van der Waals surface area contributed by atoms with E-state index in [4.69, 9.17) is 0 Å². The van der Waals surface area contributed by atoms with E-state index < -0.39 is 23.6 Å². The summed E-state index contributed by atoms with van der Waals surface area (Å²) in [6.07, 6.45) is 0.293. The van der Waals surface area contributed by atoms with Crippen LogP contribution < -0.4 is 0 Å². The van der Waals surface area contributed by atoms with Crippen molar-refractivity contribution >= 4 is 0 Å². The van der Waals surface area contributed by atoms with Crippen molar-refractivity contribution in [2.75, 3.05) is 0 Å². The van der Waals surface area contributed by atoms with Crippen molar-refractivity contribution in [2.45, 2.75) is 12.5 Å². The van der Waals surface area contributed by atoms with Crippen LogP contribution in [-0.4, -0.2) is 10.1 Å². The second-order valence-corrected chi connectivity index (χ2v) is 3.83. The van der Waals surface area contributed by atoms with Gasteiger partial charge in [-0.3, -0.25) is 4.98 Å². The van der Waals surface area contributed by atoms with Gasteiger partial charge in [-0.1, -0.05) is 6.07 Å². The summed E-state index contributed by atoms with van der Waals surface area (Å²) in [6.45, 7) is 0. The molecule has 0 spiro atoms. The summed E-state index contributed by atoms with van der Waals surface area (Å²) in [4.78, 5) is 3.96. The van der Waals surface area contributed by atoms with E-state index in [-0.39, 0.29) is 12.0 Å². The number of halogens is 3. The summed E-state index contributed by atoms with van der Waals surface area (Å²) in [5.41, 5.74) is 0.258. The van der Waals surface area contributed by atoms with Crippen molar-refractivity contribution in [3.05, 3.63) is 65.2 Å². The number of hydrogen-bond acceptors (Lipinski definition) is 2. The van der Waals surface area contributed by atoms with Crippen LogP contribution in [0.15, 0.2) is 36.5 Å². The van der Waals surface area contributed by atoms with E-state index in [2.05, 4.69) is 4.98 Å². The molecule has 1 heterocycles. The predicted octanol–water partition coefficient (Wildman–Crippen LogP) is 2.78. The first-order valence-corrected chi connectivity index (χ1v) is 5.30. The topological polar surface area (TPSA) is 33.1 Å². The summed E-state index contributed by atoms with van der Waals surface area (Å²) in [6, 6.07) is 6.16.